The maximum absolute atomic E-state index is 12.7. The van der Waals surface area contributed by atoms with Crippen LogP contribution in [0.25, 0.3) is 16.6 Å². The Morgan fingerprint density at radius 1 is 1.23 bits per heavy atom. The first kappa shape index (κ1) is 18.5. The third kappa shape index (κ3) is 3.57. The minimum atomic E-state index is -0.249. The van der Waals surface area contributed by atoms with Gasteiger partial charge in [-0.1, -0.05) is 12.1 Å². The molecule has 5 rings (SSSR count). The van der Waals surface area contributed by atoms with E-state index in [0.717, 1.165) is 28.0 Å². The third-order valence-corrected chi connectivity index (χ3v) is 5.38. The molecule has 0 spiro atoms. The molecule has 0 radical (unpaired) electrons. The SMILES string of the molecule is Cn1ccc(CC(=O)N2CCO[C@H](c3ncn4cc(-c5cccnc5)ccc34)C2)n1. The smallest absolute Gasteiger partial charge is 0.228 e. The molecular weight excluding hydrogens is 380 g/mol. The maximum Gasteiger partial charge on any atom is 0.228 e. The normalized spacial score (nSPS) is 16.8. The fraction of sp³-hybridized carbons (Fsp3) is 0.273. The van der Waals surface area contributed by atoms with Gasteiger partial charge in [0.1, 0.15) is 6.10 Å². The van der Waals surface area contributed by atoms with E-state index in [1.807, 2.05) is 59.2 Å². The van der Waals surface area contributed by atoms with Crippen LogP contribution in [-0.2, 0) is 23.0 Å². The van der Waals surface area contributed by atoms with Crippen LogP contribution >= 0.6 is 0 Å². The molecule has 8 nitrogen and oxygen atoms in total. The minimum absolute atomic E-state index is 0.0596. The average molecular weight is 402 g/mol. The first-order chi connectivity index (χ1) is 14.7. The summed E-state index contributed by atoms with van der Waals surface area (Å²) >= 11 is 0. The molecule has 1 fully saturated rings. The van der Waals surface area contributed by atoms with Crippen LogP contribution in [0, 0.1) is 0 Å². The van der Waals surface area contributed by atoms with Crippen LogP contribution in [0.3, 0.4) is 0 Å². The fourth-order valence-corrected chi connectivity index (χ4v) is 3.84. The van der Waals surface area contributed by atoms with Gasteiger partial charge in [0.25, 0.3) is 0 Å². The Balaban J connectivity index is 1.35. The number of fused-ring (bicyclic) bond motifs is 1. The van der Waals surface area contributed by atoms with E-state index in [4.69, 9.17) is 4.74 Å². The number of aryl methyl sites for hydroxylation is 1. The van der Waals surface area contributed by atoms with Crippen molar-refractivity contribution in [1.82, 2.24) is 29.0 Å². The number of pyridine rings is 2. The number of imidazole rings is 1. The molecule has 0 N–H and O–H groups in total. The summed E-state index contributed by atoms with van der Waals surface area (Å²) < 4.78 is 9.69. The highest BCUT2D eigenvalue weighted by Crippen LogP contribution is 2.27. The number of aromatic nitrogens is 5. The maximum atomic E-state index is 12.7. The first-order valence-electron chi connectivity index (χ1n) is 9.92. The van der Waals surface area contributed by atoms with Gasteiger partial charge in [-0.3, -0.25) is 14.5 Å². The summed E-state index contributed by atoms with van der Waals surface area (Å²) in [7, 11) is 1.85. The van der Waals surface area contributed by atoms with Crippen LogP contribution in [0.1, 0.15) is 17.5 Å². The zero-order valence-corrected chi connectivity index (χ0v) is 16.7. The van der Waals surface area contributed by atoms with E-state index in [1.54, 1.807) is 17.2 Å². The molecule has 1 atom stereocenters. The minimum Gasteiger partial charge on any atom is -0.368 e. The Morgan fingerprint density at radius 2 is 2.17 bits per heavy atom. The van der Waals surface area contributed by atoms with Crippen molar-refractivity contribution in [2.75, 3.05) is 19.7 Å². The zero-order valence-electron chi connectivity index (χ0n) is 16.7. The van der Waals surface area contributed by atoms with Crippen LogP contribution in [-0.4, -0.2) is 54.7 Å². The standard InChI is InChI=1S/C22H22N6O2/c1-26-8-6-18(25-26)11-21(29)27-9-10-30-20(14-27)22-19-5-4-17(13-28(19)15-24-22)16-3-2-7-23-12-16/h2-8,12-13,15,20H,9-11,14H2,1H3/t20-/m0/s1. The van der Waals surface area contributed by atoms with Gasteiger partial charge >= 0.3 is 0 Å². The first-order valence-corrected chi connectivity index (χ1v) is 9.92. The van der Waals surface area contributed by atoms with Crippen molar-refractivity contribution in [2.45, 2.75) is 12.5 Å². The summed E-state index contributed by atoms with van der Waals surface area (Å²) in [6.45, 7) is 1.56. The monoisotopic (exact) mass is 402 g/mol. The van der Waals surface area contributed by atoms with Gasteiger partial charge in [-0.15, -0.1) is 0 Å². The summed E-state index contributed by atoms with van der Waals surface area (Å²) in [5.41, 5.74) is 4.72. The lowest BCUT2D eigenvalue weighted by Gasteiger charge is -2.32. The van der Waals surface area contributed by atoms with E-state index in [1.165, 1.54) is 0 Å². The Kier molecular flexibility index (Phi) is 4.76. The Hall–Kier alpha value is -3.52. The molecule has 8 heteroatoms. The third-order valence-electron chi connectivity index (χ3n) is 5.38. The lowest BCUT2D eigenvalue weighted by atomic mass is 10.1. The van der Waals surface area contributed by atoms with Gasteiger partial charge in [0.05, 0.1) is 42.8 Å². The van der Waals surface area contributed by atoms with Gasteiger partial charge in [0.2, 0.25) is 5.91 Å². The fourth-order valence-electron chi connectivity index (χ4n) is 3.84. The summed E-state index contributed by atoms with van der Waals surface area (Å²) in [4.78, 5) is 23.4. The molecule has 0 bridgehead atoms. The van der Waals surface area contributed by atoms with E-state index in [-0.39, 0.29) is 12.0 Å². The van der Waals surface area contributed by atoms with Crippen molar-refractivity contribution >= 4 is 11.4 Å². The number of hydrogen-bond acceptors (Lipinski definition) is 5. The molecule has 1 aliphatic heterocycles. The van der Waals surface area contributed by atoms with Crippen molar-refractivity contribution in [2.24, 2.45) is 7.05 Å². The van der Waals surface area contributed by atoms with Gasteiger partial charge < -0.3 is 14.0 Å². The Labute approximate surface area is 173 Å². The van der Waals surface area contributed by atoms with Crippen LogP contribution in [0.15, 0.2) is 61.4 Å². The molecule has 5 heterocycles. The summed E-state index contributed by atoms with van der Waals surface area (Å²) in [6, 6.07) is 9.93. The quantitative estimate of drug-likeness (QED) is 0.523. The van der Waals surface area contributed by atoms with Crippen LogP contribution in [0.2, 0.25) is 0 Å². The molecule has 1 aliphatic rings. The number of hydrogen-bond donors (Lipinski definition) is 0. The van der Waals surface area contributed by atoms with Crippen LogP contribution < -0.4 is 0 Å². The predicted octanol–water partition coefficient (Wildman–Crippen LogP) is 2.27. The van der Waals surface area contributed by atoms with E-state index in [2.05, 4.69) is 21.1 Å². The second-order valence-corrected chi connectivity index (χ2v) is 7.44. The lowest BCUT2D eigenvalue weighted by Crippen LogP contribution is -2.43. The molecule has 1 amide bonds. The number of amides is 1. The second-order valence-electron chi connectivity index (χ2n) is 7.44. The highest BCUT2D eigenvalue weighted by atomic mass is 16.5. The highest BCUT2D eigenvalue weighted by Gasteiger charge is 2.28. The van der Waals surface area contributed by atoms with Crippen LogP contribution in [0.5, 0.6) is 0 Å². The molecule has 152 valence electrons. The molecule has 0 saturated carbocycles. The van der Waals surface area contributed by atoms with E-state index >= 15 is 0 Å². The predicted molar refractivity (Wildman–Crippen MR) is 111 cm³/mol. The topological polar surface area (TPSA) is 77.5 Å². The number of nitrogens with zero attached hydrogens (tertiary/aromatic N) is 6. The zero-order chi connectivity index (χ0) is 20.5. The molecule has 30 heavy (non-hydrogen) atoms. The van der Waals surface area contributed by atoms with Crippen molar-refractivity contribution in [1.29, 1.82) is 0 Å². The van der Waals surface area contributed by atoms with Gasteiger partial charge in [0, 0.05) is 43.9 Å². The molecular formula is C22H22N6O2. The number of carbonyl (C=O) groups excluding carboxylic acids is 1. The van der Waals surface area contributed by atoms with Crippen molar-refractivity contribution < 1.29 is 9.53 Å². The van der Waals surface area contributed by atoms with E-state index < -0.39 is 0 Å². The average Bonchev–Trinajstić information content (AvgIpc) is 3.39. The Morgan fingerprint density at radius 3 is 2.97 bits per heavy atom. The number of carbonyl (C=O) groups is 1. The summed E-state index contributed by atoms with van der Waals surface area (Å²) in [5, 5.41) is 4.31. The molecule has 4 aromatic heterocycles. The Bertz CT molecular complexity index is 1180. The molecule has 0 aromatic carbocycles. The van der Waals surface area contributed by atoms with Crippen molar-refractivity contribution in [3.8, 4) is 11.1 Å². The molecule has 1 saturated heterocycles. The number of ether oxygens (including phenoxy) is 1. The molecule has 0 aliphatic carbocycles. The number of morpholine rings is 1. The van der Waals surface area contributed by atoms with Gasteiger partial charge in [0.15, 0.2) is 0 Å². The van der Waals surface area contributed by atoms with Crippen molar-refractivity contribution in [3.63, 3.8) is 0 Å². The number of rotatable bonds is 4. The largest absolute Gasteiger partial charge is 0.368 e. The summed E-state index contributed by atoms with van der Waals surface area (Å²) in [5.74, 6) is 0.0596. The lowest BCUT2D eigenvalue weighted by molar-refractivity contribution is -0.138. The van der Waals surface area contributed by atoms with E-state index in [9.17, 15) is 4.79 Å². The summed E-state index contributed by atoms with van der Waals surface area (Å²) in [6.07, 6.45) is 9.33. The van der Waals surface area contributed by atoms with E-state index in [0.29, 0.717) is 26.1 Å². The van der Waals surface area contributed by atoms with Crippen molar-refractivity contribution in [3.05, 3.63) is 72.8 Å². The molecule has 4 aromatic rings. The highest BCUT2D eigenvalue weighted by molar-refractivity contribution is 5.78. The van der Waals surface area contributed by atoms with Gasteiger partial charge in [-0.2, -0.15) is 5.10 Å². The second kappa shape index (κ2) is 7.72. The van der Waals surface area contributed by atoms with Gasteiger partial charge in [-0.25, -0.2) is 4.98 Å². The van der Waals surface area contributed by atoms with Crippen LogP contribution in [0.4, 0.5) is 0 Å². The van der Waals surface area contributed by atoms with Gasteiger partial charge in [-0.05, 0) is 23.8 Å². The molecule has 0 unspecified atom stereocenters.